The molecule has 4 heteroatoms. The minimum atomic E-state index is -0.503. The van der Waals surface area contributed by atoms with Crippen molar-refractivity contribution >= 4 is 12.0 Å². The second-order valence-corrected chi connectivity index (χ2v) is 6.06. The maximum Gasteiger partial charge on any atom is 0.416 e. The van der Waals surface area contributed by atoms with E-state index in [0.717, 1.165) is 12.0 Å². The Morgan fingerprint density at radius 3 is 2.86 bits per heavy atom. The lowest BCUT2D eigenvalue weighted by molar-refractivity contribution is -0.135. The average Bonchev–Trinajstić information content (AvgIpc) is 2.89. The highest BCUT2D eigenvalue weighted by molar-refractivity contribution is 5.95. The van der Waals surface area contributed by atoms with E-state index < -0.39 is 6.09 Å². The number of allylic oxidation sites excluding steroid dienone is 2. The quantitative estimate of drug-likeness (QED) is 0.862. The molecular weight excluding hydrogens is 278 g/mol. The molecule has 0 unspecified atom stereocenters. The molecule has 115 valence electrons. The topological polar surface area (TPSA) is 46.6 Å². The van der Waals surface area contributed by atoms with Gasteiger partial charge in [-0.3, -0.25) is 4.79 Å². The van der Waals surface area contributed by atoms with Gasteiger partial charge in [-0.25, -0.2) is 9.69 Å². The number of hydrogen-bond acceptors (Lipinski definition) is 3. The van der Waals surface area contributed by atoms with E-state index in [0.29, 0.717) is 12.8 Å². The third-order valence-corrected chi connectivity index (χ3v) is 4.47. The summed E-state index contributed by atoms with van der Waals surface area (Å²) in [6.07, 6.45) is 6.63. The molecule has 2 amide bonds. The number of hydrogen-bond donors (Lipinski definition) is 0. The molecule has 22 heavy (non-hydrogen) atoms. The van der Waals surface area contributed by atoms with Gasteiger partial charge in [0.25, 0.3) is 0 Å². The van der Waals surface area contributed by atoms with E-state index in [2.05, 4.69) is 6.08 Å². The summed E-state index contributed by atoms with van der Waals surface area (Å²) in [4.78, 5) is 26.2. The summed E-state index contributed by atoms with van der Waals surface area (Å²) in [6, 6.07) is 9.68. The standard InChI is InChI=1S/C18H20NO3/c1-13-7-5-6-10-16(13)17(20)19-15(12-22-18(19)21)11-14-8-3-2-4-9-14/h2-4,6,8-9,13,15-16H,7,10-12H2,1H3/t13-,15-,16-/m1/s1. The van der Waals surface area contributed by atoms with E-state index in [1.54, 1.807) is 0 Å². The molecule has 2 aliphatic rings. The summed E-state index contributed by atoms with van der Waals surface area (Å²) >= 11 is 0. The lowest BCUT2D eigenvalue weighted by Crippen LogP contribution is -2.45. The van der Waals surface area contributed by atoms with Crippen LogP contribution in [0.25, 0.3) is 0 Å². The van der Waals surface area contributed by atoms with Gasteiger partial charge in [0.05, 0.1) is 6.04 Å². The molecule has 1 aliphatic carbocycles. The van der Waals surface area contributed by atoms with Crippen LogP contribution in [0.5, 0.6) is 0 Å². The Kier molecular flexibility index (Phi) is 4.27. The van der Waals surface area contributed by atoms with Gasteiger partial charge in [-0.2, -0.15) is 0 Å². The van der Waals surface area contributed by atoms with Crippen LogP contribution < -0.4 is 0 Å². The van der Waals surface area contributed by atoms with Crippen molar-refractivity contribution in [1.29, 1.82) is 0 Å². The van der Waals surface area contributed by atoms with Crippen LogP contribution in [0.1, 0.15) is 25.3 Å². The van der Waals surface area contributed by atoms with Crippen molar-refractivity contribution in [3.63, 3.8) is 0 Å². The first-order valence-electron chi connectivity index (χ1n) is 7.75. The van der Waals surface area contributed by atoms with Crippen LogP contribution >= 0.6 is 0 Å². The minimum absolute atomic E-state index is 0.103. The van der Waals surface area contributed by atoms with Gasteiger partial charge in [0.15, 0.2) is 0 Å². The van der Waals surface area contributed by atoms with Crippen LogP contribution in [0.15, 0.2) is 36.4 Å². The number of benzene rings is 1. The lowest BCUT2D eigenvalue weighted by atomic mass is 9.83. The van der Waals surface area contributed by atoms with Crippen LogP contribution in [0.2, 0.25) is 0 Å². The lowest BCUT2D eigenvalue weighted by Gasteiger charge is -2.29. The van der Waals surface area contributed by atoms with Crippen LogP contribution in [0.4, 0.5) is 4.79 Å². The second kappa shape index (κ2) is 6.34. The Morgan fingerprint density at radius 2 is 2.14 bits per heavy atom. The number of imide groups is 1. The fraction of sp³-hybridized carbons (Fsp3) is 0.444. The van der Waals surface area contributed by atoms with Crippen molar-refractivity contribution in [3.05, 3.63) is 48.0 Å². The van der Waals surface area contributed by atoms with Gasteiger partial charge in [0.1, 0.15) is 6.61 Å². The Bertz CT molecular complexity index is 581. The molecule has 0 spiro atoms. The predicted octanol–water partition coefficient (Wildman–Crippen LogP) is 2.98. The number of carbonyl (C=O) groups is 2. The molecule has 0 aromatic heterocycles. The minimum Gasteiger partial charge on any atom is -0.447 e. The summed E-state index contributed by atoms with van der Waals surface area (Å²) in [6.45, 7) is 2.32. The Balaban J connectivity index is 1.76. The van der Waals surface area contributed by atoms with Crippen LogP contribution in [0.3, 0.4) is 0 Å². The van der Waals surface area contributed by atoms with Gasteiger partial charge in [-0.15, -0.1) is 0 Å². The molecule has 0 N–H and O–H groups in total. The molecular formula is C18H20NO3. The van der Waals surface area contributed by atoms with Gasteiger partial charge in [0.2, 0.25) is 5.91 Å². The Morgan fingerprint density at radius 1 is 1.36 bits per heavy atom. The molecule has 4 nitrogen and oxygen atoms in total. The molecule has 1 heterocycles. The number of nitrogens with zero attached hydrogens (tertiary/aromatic N) is 1. The van der Waals surface area contributed by atoms with Gasteiger partial charge < -0.3 is 4.74 Å². The van der Waals surface area contributed by atoms with Crippen molar-refractivity contribution in [1.82, 2.24) is 4.90 Å². The van der Waals surface area contributed by atoms with E-state index in [-0.39, 0.29) is 30.4 Å². The number of amides is 2. The van der Waals surface area contributed by atoms with Crippen molar-refractivity contribution in [2.45, 2.75) is 32.2 Å². The monoisotopic (exact) mass is 298 g/mol. The zero-order chi connectivity index (χ0) is 15.5. The summed E-state index contributed by atoms with van der Waals surface area (Å²) in [5, 5.41) is 0. The summed E-state index contributed by atoms with van der Waals surface area (Å²) in [5.41, 5.74) is 1.11. The summed E-state index contributed by atoms with van der Waals surface area (Å²) in [5.74, 6) is -0.0397. The van der Waals surface area contributed by atoms with E-state index in [9.17, 15) is 9.59 Å². The Labute approximate surface area is 130 Å². The third-order valence-electron chi connectivity index (χ3n) is 4.47. The van der Waals surface area contributed by atoms with Gasteiger partial charge >= 0.3 is 6.09 Å². The molecule has 1 aliphatic heterocycles. The molecule has 1 radical (unpaired) electrons. The van der Waals surface area contributed by atoms with Crippen molar-refractivity contribution in [2.75, 3.05) is 6.61 Å². The first-order chi connectivity index (χ1) is 10.7. The smallest absolute Gasteiger partial charge is 0.416 e. The van der Waals surface area contributed by atoms with Crippen LogP contribution in [-0.2, 0) is 16.0 Å². The van der Waals surface area contributed by atoms with Crippen molar-refractivity contribution in [3.8, 4) is 0 Å². The molecule has 1 aromatic carbocycles. The summed E-state index contributed by atoms with van der Waals surface area (Å²) in [7, 11) is 0. The SMILES string of the molecule is C[C@@H]1C[C]=CC[C@H]1C(=O)N1C(=O)OC[C@H]1Cc1ccccc1. The predicted molar refractivity (Wildman–Crippen MR) is 81.8 cm³/mol. The number of cyclic esters (lactones) is 1. The highest BCUT2D eigenvalue weighted by Crippen LogP contribution is 2.29. The highest BCUT2D eigenvalue weighted by Gasteiger charge is 2.42. The molecule has 0 saturated carbocycles. The zero-order valence-electron chi connectivity index (χ0n) is 12.7. The number of ether oxygens (including phenoxy) is 1. The van der Waals surface area contributed by atoms with E-state index in [1.165, 1.54) is 4.90 Å². The van der Waals surface area contributed by atoms with Gasteiger partial charge in [0, 0.05) is 5.92 Å². The molecule has 3 atom stereocenters. The number of carbonyl (C=O) groups excluding carboxylic acids is 2. The van der Waals surface area contributed by atoms with Gasteiger partial charge in [-0.05, 0) is 36.8 Å². The third kappa shape index (κ3) is 2.91. The second-order valence-electron chi connectivity index (χ2n) is 6.06. The van der Waals surface area contributed by atoms with Gasteiger partial charge in [-0.1, -0.05) is 43.3 Å². The fourth-order valence-electron chi connectivity index (χ4n) is 3.14. The van der Waals surface area contributed by atoms with E-state index in [1.807, 2.05) is 43.3 Å². The van der Waals surface area contributed by atoms with Crippen LogP contribution in [0, 0.1) is 17.9 Å². The Hall–Kier alpha value is -2.10. The highest BCUT2D eigenvalue weighted by atomic mass is 16.6. The molecule has 1 saturated heterocycles. The largest absolute Gasteiger partial charge is 0.447 e. The van der Waals surface area contributed by atoms with Crippen molar-refractivity contribution in [2.24, 2.45) is 11.8 Å². The molecule has 0 bridgehead atoms. The first-order valence-corrected chi connectivity index (χ1v) is 7.75. The zero-order valence-corrected chi connectivity index (χ0v) is 12.7. The molecule has 1 aromatic rings. The number of rotatable bonds is 3. The maximum atomic E-state index is 12.8. The fourth-order valence-corrected chi connectivity index (χ4v) is 3.14. The molecule has 1 fully saturated rings. The summed E-state index contributed by atoms with van der Waals surface area (Å²) < 4.78 is 5.14. The van der Waals surface area contributed by atoms with E-state index in [4.69, 9.17) is 4.74 Å². The van der Waals surface area contributed by atoms with E-state index >= 15 is 0 Å². The normalized spacial score (nSPS) is 27.8. The van der Waals surface area contributed by atoms with Crippen LogP contribution in [-0.4, -0.2) is 29.5 Å². The maximum absolute atomic E-state index is 12.8. The average molecular weight is 298 g/mol. The van der Waals surface area contributed by atoms with Crippen molar-refractivity contribution < 1.29 is 14.3 Å². The first kappa shape index (κ1) is 14.8. The molecule has 3 rings (SSSR count).